The zero-order chi connectivity index (χ0) is 15.5. The van der Waals surface area contributed by atoms with Crippen LogP contribution in [0.5, 0.6) is 0 Å². The van der Waals surface area contributed by atoms with Crippen molar-refractivity contribution in [3.63, 3.8) is 0 Å². The highest BCUT2D eigenvalue weighted by Gasteiger charge is 2.14. The summed E-state index contributed by atoms with van der Waals surface area (Å²) in [4.78, 5) is 12.1. The molecule has 1 heterocycles. The normalized spacial score (nSPS) is 12.3. The topological polar surface area (TPSA) is 55.1 Å². The number of benzene rings is 2. The molecule has 1 amide bonds. The van der Waals surface area contributed by atoms with Crippen LogP contribution < -0.4 is 5.32 Å². The minimum atomic E-state index is -0.295. The fourth-order valence-electron chi connectivity index (χ4n) is 2.34. The van der Waals surface area contributed by atoms with Gasteiger partial charge in [0.05, 0.1) is 12.5 Å². The Morgan fingerprint density at radius 3 is 2.73 bits per heavy atom. The van der Waals surface area contributed by atoms with Crippen LogP contribution in [0.15, 0.2) is 53.1 Å². The molecular formula is C17H15FN2O2. The number of fused-ring (bicyclic) bond motifs is 1. The lowest BCUT2D eigenvalue weighted by atomic mass is 10.1. The number of rotatable bonds is 4. The third-order valence-electron chi connectivity index (χ3n) is 3.53. The summed E-state index contributed by atoms with van der Waals surface area (Å²) in [5, 5.41) is 7.66. The molecule has 0 aliphatic carbocycles. The van der Waals surface area contributed by atoms with E-state index in [1.807, 2.05) is 31.2 Å². The molecule has 0 aliphatic heterocycles. The van der Waals surface area contributed by atoms with Crippen molar-refractivity contribution in [3.05, 3.63) is 65.6 Å². The zero-order valence-electron chi connectivity index (χ0n) is 12.0. The molecule has 2 aromatic carbocycles. The van der Waals surface area contributed by atoms with Gasteiger partial charge >= 0.3 is 0 Å². The summed E-state index contributed by atoms with van der Waals surface area (Å²) in [6.45, 7) is 1.85. The molecule has 112 valence electrons. The van der Waals surface area contributed by atoms with Crippen LogP contribution in [0, 0.1) is 5.82 Å². The molecule has 0 fully saturated rings. The summed E-state index contributed by atoms with van der Waals surface area (Å²) in [7, 11) is 0. The second-order valence-electron chi connectivity index (χ2n) is 5.14. The van der Waals surface area contributed by atoms with E-state index in [4.69, 9.17) is 4.52 Å². The van der Waals surface area contributed by atoms with Gasteiger partial charge in [-0.15, -0.1) is 0 Å². The van der Waals surface area contributed by atoms with Gasteiger partial charge in [0, 0.05) is 5.39 Å². The molecule has 0 spiro atoms. The van der Waals surface area contributed by atoms with Gasteiger partial charge in [-0.1, -0.05) is 29.4 Å². The fraction of sp³-hybridized carbons (Fsp3) is 0.176. The van der Waals surface area contributed by atoms with Gasteiger partial charge in [0.1, 0.15) is 11.5 Å². The van der Waals surface area contributed by atoms with Crippen molar-refractivity contribution in [1.82, 2.24) is 10.5 Å². The number of amides is 1. The summed E-state index contributed by atoms with van der Waals surface area (Å²) in [5.41, 5.74) is 2.12. The van der Waals surface area contributed by atoms with E-state index >= 15 is 0 Å². The molecule has 0 saturated carbocycles. The number of carbonyl (C=O) groups is 1. The summed E-state index contributed by atoms with van der Waals surface area (Å²) < 4.78 is 18.1. The number of carbonyl (C=O) groups excluding carboxylic acids is 1. The molecule has 5 heteroatoms. The molecule has 4 nitrogen and oxygen atoms in total. The molecule has 1 aromatic heterocycles. The maximum Gasteiger partial charge on any atom is 0.226 e. The molecule has 3 rings (SSSR count). The van der Waals surface area contributed by atoms with Crippen LogP contribution in [0.4, 0.5) is 4.39 Å². The lowest BCUT2D eigenvalue weighted by molar-refractivity contribution is -0.121. The van der Waals surface area contributed by atoms with E-state index in [2.05, 4.69) is 10.5 Å². The maximum absolute atomic E-state index is 12.9. The van der Waals surface area contributed by atoms with Crippen LogP contribution in [0.3, 0.4) is 0 Å². The van der Waals surface area contributed by atoms with E-state index in [1.54, 1.807) is 12.1 Å². The predicted molar refractivity (Wildman–Crippen MR) is 80.7 cm³/mol. The second-order valence-corrected chi connectivity index (χ2v) is 5.14. The van der Waals surface area contributed by atoms with Crippen LogP contribution in [0.1, 0.15) is 24.2 Å². The Labute approximate surface area is 126 Å². The Morgan fingerprint density at radius 2 is 1.95 bits per heavy atom. The largest absolute Gasteiger partial charge is 0.356 e. The average Bonchev–Trinajstić information content (AvgIpc) is 2.91. The van der Waals surface area contributed by atoms with Crippen LogP contribution in [-0.4, -0.2) is 11.1 Å². The Balaban J connectivity index is 1.68. The van der Waals surface area contributed by atoms with E-state index in [0.717, 1.165) is 10.9 Å². The molecular weight excluding hydrogens is 283 g/mol. The number of aromatic nitrogens is 1. The van der Waals surface area contributed by atoms with E-state index in [9.17, 15) is 9.18 Å². The summed E-state index contributed by atoms with van der Waals surface area (Å²) in [6, 6.07) is 13.3. The van der Waals surface area contributed by atoms with Gasteiger partial charge in [0.2, 0.25) is 5.91 Å². The predicted octanol–water partition coefficient (Wildman–Crippen LogP) is 3.39. The van der Waals surface area contributed by atoms with Gasteiger partial charge < -0.3 is 9.84 Å². The van der Waals surface area contributed by atoms with Gasteiger partial charge in [-0.05, 0) is 36.8 Å². The van der Waals surface area contributed by atoms with Crippen molar-refractivity contribution in [1.29, 1.82) is 0 Å². The molecule has 0 bridgehead atoms. The zero-order valence-corrected chi connectivity index (χ0v) is 12.0. The highest BCUT2D eigenvalue weighted by Crippen LogP contribution is 2.19. The molecule has 1 atom stereocenters. The summed E-state index contributed by atoms with van der Waals surface area (Å²) in [6.07, 6.45) is 0.141. The first-order chi connectivity index (χ1) is 10.6. The third-order valence-corrected chi connectivity index (χ3v) is 3.53. The minimum Gasteiger partial charge on any atom is -0.356 e. The van der Waals surface area contributed by atoms with E-state index in [0.29, 0.717) is 11.3 Å². The highest BCUT2D eigenvalue weighted by molar-refractivity contribution is 5.86. The van der Waals surface area contributed by atoms with Crippen molar-refractivity contribution in [3.8, 4) is 0 Å². The number of halogens is 1. The van der Waals surface area contributed by atoms with Crippen molar-refractivity contribution in [2.75, 3.05) is 0 Å². The SMILES string of the molecule is C[C@@H](NC(=O)Cc1noc2ccccc12)c1ccc(F)cc1. The lowest BCUT2D eigenvalue weighted by Crippen LogP contribution is -2.28. The summed E-state index contributed by atoms with van der Waals surface area (Å²) >= 11 is 0. The fourth-order valence-corrected chi connectivity index (χ4v) is 2.34. The van der Waals surface area contributed by atoms with Crippen molar-refractivity contribution < 1.29 is 13.7 Å². The van der Waals surface area contributed by atoms with Gasteiger partial charge in [-0.3, -0.25) is 4.79 Å². The quantitative estimate of drug-likeness (QED) is 0.803. The van der Waals surface area contributed by atoms with Crippen LogP contribution in [0.25, 0.3) is 11.0 Å². The maximum atomic E-state index is 12.9. The van der Waals surface area contributed by atoms with Crippen LogP contribution >= 0.6 is 0 Å². The van der Waals surface area contributed by atoms with Gasteiger partial charge in [-0.25, -0.2) is 4.39 Å². The van der Waals surface area contributed by atoms with Crippen molar-refractivity contribution in [2.45, 2.75) is 19.4 Å². The van der Waals surface area contributed by atoms with Gasteiger partial charge in [0.15, 0.2) is 5.58 Å². The molecule has 0 radical (unpaired) electrons. The Hall–Kier alpha value is -2.69. The minimum absolute atomic E-state index is 0.141. The molecule has 22 heavy (non-hydrogen) atoms. The smallest absolute Gasteiger partial charge is 0.226 e. The van der Waals surface area contributed by atoms with Crippen LogP contribution in [0.2, 0.25) is 0 Å². The van der Waals surface area contributed by atoms with Gasteiger partial charge in [-0.2, -0.15) is 0 Å². The molecule has 0 unspecified atom stereocenters. The first-order valence-electron chi connectivity index (χ1n) is 7.01. The van der Waals surface area contributed by atoms with E-state index in [-0.39, 0.29) is 24.2 Å². The monoisotopic (exact) mass is 298 g/mol. The standard InChI is InChI=1S/C17H15FN2O2/c1-11(12-6-8-13(18)9-7-12)19-17(21)10-15-14-4-2-3-5-16(14)22-20-15/h2-9,11H,10H2,1H3,(H,19,21)/t11-/m1/s1. The Morgan fingerprint density at radius 1 is 1.23 bits per heavy atom. The number of nitrogens with one attached hydrogen (secondary N) is 1. The average molecular weight is 298 g/mol. The number of para-hydroxylation sites is 1. The van der Waals surface area contributed by atoms with E-state index < -0.39 is 0 Å². The number of nitrogens with zero attached hydrogens (tertiary/aromatic N) is 1. The highest BCUT2D eigenvalue weighted by atomic mass is 19.1. The van der Waals surface area contributed by atoms with Crippen molar-refractivity contribution >= 4 is 16.9 Å². The Bertz CT molecular complexity index is 796. The summed E-state index contributed by atoms with van der Waals surface area (Å²) in [5.74, 6) is -0.452. The first-order valence-corrected chi connectivity index (χ1v) is 7.01. The van der Waals surface area contributed by atoms with E-state index in [1.165, 1.54) is 12.1 Å². The van der Waals surface area contributed by atoms with Crippen molar-refractivity contribution in [2.24, 2.45) is 0 Å². The Kier molecular flexibility index (Phi) is 3.87. The number of hydrogen-bond donors (Lipinski definition) is 1. The number of hydrogen-bond acceptors (Lipinski definition) is 3. The molecule has 1 N–H and O–H groups in total. The lowest BCUT2D eigenvalue weighted by Gasteiger charge is -2.13. The third kappa shape index (κ3) is 2.98. The molecule has 0 saturated heterocycles. The second kappa shape index (κ2) is 5.97. The molecule has 0 aliphatic rings. The first kappa shape index (κ1) is 14.3. The van der Waals surface area contributed by atoms with Gasteiger partial charge in [0.25, 0.3) is 0 Å². The van der Waals surface area contributed by atoms with Crippen LogP contribution in [-0.2, 0) is 11.2 Å². The molecule has 3 aromatic rings.